The van der Waals surface area contributed by atoms with Crippen molar-refractivity contribution in [3.63, 3.8) is 0 Å². The molecule has 0 atom stereocenters. The summed E-state index contributed by atoms with van der Waals surface area (Å²) in [4.78, 5) is 9.66. The molecule has 0 saturated carbocycles. The number of hydrogen-bond acceptors (Lipinski definition) is 7. The lowest BCUT2D eigenvalue weighted by Crippen LogP contribution is -2.62. The van der Waals surface area contributed by atoms with Crippen molar-refractivity contribution in [2.24, 2.45) is 0 Å². The van der Waals surface area contributed by atoms with Crippen LogP contribution in [0, 0.1) is 0 Å². The largest absolute Gasteiger partial charge is 0.483 e. The van der Waals surface area contributed by atoms with Crippen molar-refractivity contribution in [3.8, 4) is 0 Å². The van der Waals surface area contributed by atoms with E-state index in [1.165, 1.54) is 4.74 Å². The highest BCUT2D eigenvalue weighted by atomic mass is 19.4. The smallest absolute Gasteiger partial charge is 0.251 e. The highest BCUT2D eigenvalue weighted by Crippen LogP contribution is 2.54. The topological polar surface area (TPSA) is 72.5 Å². The number of ether oxygens (including phenoxy) is 6. The molecule has 0 aliphatic rings. The number of rotatable bonds is 18. The molecule has 0 unspecified atom stereocenters. The van der Waals surface area contributed by atoms with Gasteiger partial charge in [-0.25, -0.2) is 28.4 Å². The number of halogens is 28. The van der Waals surface area contributed by atoms with Gasteiger partial charge in [-0.05, 0) is 0 Å². The Morgan fingerprint density at radius 3 is 0.551 bits per heavy atom. The van der Waals surface area contributed by atoms with Crippen LogP contribution in [-0.4, -0.2) is 85.5 Å². The molecule has 0 aliphatic carbocycles. The molecule has 7 nitrogen and oxygen atoms in total. The van der Waals surface area contributed by atoms with E-state index in [2.05, 4.69) is 0 Å². The molecule has 0 aromatic carbocycles. The van der Waals surface area contributed by atoms with Crippen LogP contribution in [0.15, 0.2) is 0 Å². The van der Waals surface area contributed by atoms with Crippen LogP contribution in [0.1, 0.15) is 0 Å². The Balaban J connectivity index is 6.31. The number of alkyl halides is 27. The molecule has 294 valence electrons. The van der Waals surface area contributed by atoms with Crippen LogP contribution in [0.25, 0.3) is 0 Å². The normalized spacial score (nSPS) is 16.3. The van der Waals surface area contributed by atoms with E-state index in [1.807, 2.05) is 0 Å². The van der Waals surface area contributed by atoms with Crippen molar-refractivity contribution in [1.29, 1.82) is 0 Å². The zero-order valence-electron chi connectivity index (χ0n) is 20.4. The Morgan fingerprint density at radius 2 is 0.408 bits per heavy atom. The van der Waals surface area contributed by atoms with Gasteiger partial charge in [0.2, 0.25) is 0 Å². The summed E-state index contributed by atoms with van der Waals surface area (Å²) < 4.78 is 368. The maximum Gasteiger partial charge on any atom is 0.483 e. The van der Waals surface area contributed by atoms with Gasteiger partial charge in [0.15, 0.2) is 0 Å². The van der Waals surface area contributed by atoms with Gasteiger partial charge >= 0.3 is 85.5 Å². The monoisotopic (exact) mass is 812 g/mol. The molecule has 0 N–H and O–H groups in total. The Kier molecular flexibility index (Phi) is 12.0. The summed E-state index contributed by atoms with van der Waals surface area (Å²) in [6.45, 7) is 0. The highest BCUT2D eigenvalue weighted by Gasteiger charge is 2.80. The summed E-state index contributed by atoms with van der Waals surface area (Å²) in [5.74, 6) is 0. The Labute approximate surface area is 243 Å². The molecule has 0 radical (unpaired) electrons. The predicted molar refractivity (Wildman–Crippen MR) is 78.0 cm³/mol. The van der Waals surface area contributed by atoms with Crippen molar-refractivity contribution >= 4 is 6.04 Å². The van der Waals surface area contributed by atoms with Crippen molar-refractivity contribution < 1.29 is 156 Å². The Hall–Kier alpha value is -2.53. The molecule has 49 heavy (non-hydrogen) atoms. The molecule has 0 bridgehead atoms. The third kappa shape index (κ3) is 9.83. The van der Waals surface area contributed by atoms with Gasteiger partial charge in [-0.2, -0.15) is 123 Å². The minimum atomic E-state index is -8.32. The molecule has 0 fully saturated rings. The first-order chi connectivity index (χ1) is 20.7. The van der Waals surface area contributed by atoms with Crippen molar-refractivity contribution in [3.05, 3.63) is 0 Å². The fraction of sp³-hybridized carbons (Fsp3) is 0.929. The van der Waals surface area contributed by atoms with E-state index in [4.69, 9.17) is 0 Å². The van der Waals surface area contributed by atoms with Gasteiger partial charge in [-0.3, -0.25) is 4.79 Å². The van der Waals surface area contributed by atoms with Gasteiger partial charge in [-0.1, -0.05) is 0 Å². The van der Waals surface area contributed by atoms with Gasteiger partial charge in [-0.15, -0.1) is 0 Å². The van der Waals surface area contributed by atoms with E-state index < -0.39 is 85.5 Å². The first-order valence-corrected chi connectivity index (χ1v) is 9.70. The molecule has 0 saturated heterocycles. The van der Waals surface area contributed by atoms with Crippen LogP contribution in [0.5, 0.6) is 0 Å². The van der Waals surface area contributed by atoms with Crippen LogP contribution >= 0.6 is 0 Å². The zero-order valence-corrected chi connectivity index (χ0v) is 20.4. The number of hydrogen-bond donors (Lipinski definition) is 0. The maximum absolute atomic E-state index is 13.3. The van der Waals surface area contributed by atoms with E-state index in [0.717, 1.165) is 23.7 Å². The summed E-state index contributed by atoms with van der Waals surface area (Å²) in [5.41, 5.74) is 0. The van der Waals surface area contributed by atoms with Gasteiger partial charge in [0.1, 0.15) is 0 Å². The predicted octanol–water partition coefficient (Wildman–Crippen LogP) is 8.26. The second-order valence-corrected chi connectivity index (χ2v) is 7.59. The summed E-state index contributed by atoms with van der Waals surface area (Å²) in [6, 6.07) is -4.47. The number of carbonyl (C=O) groups is 1. The van der Waals surface area contributed by atoms with E-state index >= 15 is 0 Å². The number of carbonyl (C=O) groups excluding carboxylic acids is 1. The van der Waals surface area contributed by atoms with Crippen LogP contribution in [0.2, 0.25) is 0 Å². The quantitative estimate of drug-likeness (QED) is 0.102. The SMILES string of the molecule is O=C(F)C(F)(F)OC(F)(F)C(F)(F)OC(F)(F)C(F)(F)OC(F)(F)C(F)(F)OC(F)(F)C(F)(F)OC(F)(F)C(F)(F)OC(F)(F)C(F)(F)F. The van der Waals surface area contributed by atoms with Crippen LogP contribution in [0.4, 0.5) is 123 Å². The molecule has 0 aromatic heterocycles. The van der Waals surface area contributed by atoms with E-state index in [-0.39, 0.29) is 0 Å². The Bertz CT molecular complexity index is 1170. The van der Waals surface area contributed by atoms with E-state index in [1.54, 1.807) is 0 Å². The average Bonchev–Trinajstić information content (AvgIpc) is 2.73. The fourth-order valence-electron chi connectivity index (χ4n) is 1.66. The molecule has 35 heteroatoms. The summed E-state index contributed by atoms with van der Waals surface area (Å²) >= 11 is 0. The van der Waals surface area contributed by atoms with Crippen LogP contribution in [0.3, 0.4) is 0 Å². The average molecular weight is 812 g/mol. The summed E-state index contributed by atoms with van der Waals surface area (Å²) in [7, 11) is 0. The lowest BCUT2D eigenvalue weighted by Gasteiger charge is -2.37. The Morgan fingerprint density at radius 1 is 0.265 bits per heavy atom. The molecule has 0 heterocycles. The molecule has 0 rings (SSSR count). The third-order valence-corrected chi connectivity index (χ3v) is 3.79. The standard InChI is InChI=1S/C14F28O7/c15-1(43)2(16,17)44-5(23,24)6(25,26)46-9(31,32)10(33,34)48-13(39,40)14(41,42)49-12(37,38)11(35,36)47-8(29,30)7(27,28)45-4(21,22)3(18,19)20. The van der Waals surface area contributed by atoms with Gasteiger partial charge < -0.3 is 0 Å². The van der Waals surface area contributed by atoms with Crippen molar-refractivity contribution in [2.75, 3.05) is 0 Å². The lowest BCUT2D eigenvalue weighted by molar-refractivity contribution is -0.595. The molecule has 0 aromatic rings. The van der Waals surface area contributed by atoms with Crippen LogP contribution in [-0.2, 0) is 33.2 Å². The lowest BCUT2D eigenvalue weighted by atomic mass is 10.4. The van der Waals surface area contributed by atoms with Gasteiger partial charge in [0.05, 0.1) is 0 Å². The zero-order chi connectivity index (χ0) is 40.3. The third-order valence-electron chi connectivity index (χ3n) is 3.79. The first kappa shape index (κ1) is 46.5. The molecule has 0 amide bonds. The van der Waals surface area contributed by atoms with E-state index in [0.29, 0.717) is 0 Å². The van der Waals surface area contributed by atoms with E-state index in [9.17, 15) is 128 Å². The summed E-state index contributed by atoms with van der Waals surface area (Å²) in [5, 5.41) is 0. The maximum atomic E-state index is 13.3. The molecular weight excluding hydrogens is 812 g/mol. The van der Waals surface area contributed by atoms with Gasteiger partial charge in [0.25, 0.3) is 0 Å². The minimum absolute atomic E-state index is 1.04. The first-order valence-electron chi connectivity index (χ1n) is 9.70. The molecular formula is C14F28O7. The second-order valence-electron chi connectivity index (χ2n) is 7.59. The van der Waals surface area contributed by atoms with Crippen LogP contribution < -0.4 is 0 Å². The summed E-state index contributed by atoms with van der Waals surface area (Å²) in [6.07, 6.45) is -103. The van der Waals surface area contributed by atoms with Crippen molar-refractivity contribution in [2.45, 2.75) is 79.5 Å². The fourth-order valence-corrected chi connectivity index (χ4v) is 1.66. The van der Waals surface area contributed by atoms with Crippen molar-refractivity contribution in [1.82, 2.24) is 0 Å². The molecule has 0 aliphatic heterocycles. The van der Waals surface area contributed by atoms with Gasteiger partial charge in [0, 0.05) is 0 Å². The second kappa shape index (κ2) is 12.6. The minimum Gasteiger partial charge on any atom is -0.251 e. The molecule has 0 spiro atoms. The highest BCUT2D eigenvalue weighted by molar-refractivity contribution is 5.74.